The maximum absolute atomic E-state index is 13.3. The van der Waals surface area contributed by atoms with Gasteiger partial charge in [-0.25, -0.2) is 9.37 Å². The number of nitrogens with zero attached hydrogens (tertiary/aromatic N) is 5. The minimum atomic E-state index is -4.37. The van der Waals surface area contributed by atoms with Crippen LogP contribution in [0.1, 0.15) is 11.3 Å². The molecular formula is C18H11F4N5S. The zero-order valence-corrected chi connectivity index (χ0v) is 14.9. The third kappa shape index (κ3) is 3.91. The summed E-state index contributed by atoms with van der Waals surface area (Å²) in [6.45, 7) is 0.236. The Kier molecular flexibility index (Phi) is 4.63. The maximum Gasteiger partial charge on any atom is 0.416 e. The van der Waals surface area contributed by atoms with Crippen LogP contribution in [0, 0.1) is 5.82 Å². The third-order valence-electron chi connectivity index (χ3n) is 3.85. The van der Waals surface area contributed by atoms with Gasteiger partial charge in [0.05, 0.1) is 11.3 Å². The van der Waals surface area contributed by atoms with Gasteiger partial charge in [0.15, 0.2) is 0 Å². The number of benzene rings is 2. The first kappa shape index (κ1) is 18.2. The summed E-state index contributed by atoms with van der Waals surface area (Å²) in [5.41, 5.74) is 1.04. The molecule has 0 bridgehead atoms. The van der Waals surface area contributed by atoms with Crippen molar-refractivity contribution in [1.82, 2.24) is 25.2 Å². The minimum absolute atomic E-state index is 0.236. The highest BCUT2D eigenvalue weighted by Crippen LogP contribution is 2.31. The van der Waals surface area contributed by atoms with Gasteiger partial charge in [0.2, 0.25) is 5.82 Å². The van der Waals surface area contributed by atoms with Crippen molar-refractivity contribution in [3.63, 3.8) is 0 Å². The van der Waals surface area contributed by atoms with Crippen LogP contribution in [0.2, 0.25) is 0 Å². The second-order valence-electron chi connectivity index (χ2n) is 5.87. The Morgan fingerprint density at radius 3 is 2.50 bits per heavy atom. The summed E-state index contributed by atoms with van der Waals surface area (Å²) >= 11 is 1.31. The van der Waals surface area contributed by atoms with E-state index >= 15 is 0 Å². The van der Waals surface area contributed by atoms with Crippen LogP contribution in [0.5, 0.6) is 0 Å². The lowest BCUT2D eigenvalue weighted by Crippen LogP contribution is -2.04. The molecule has 0 aliphatic carbocycles. The molecule has 0 aliphatic rings. The second kappa shape index (κ2) is 7.12. The van der Waals surface area contributed by atoms with Gasteiger partial charge in [-0.05, 0) is 29.5 Å². The smallest absolute Gasteiger partial charge is 0.239 e. The van der Waals surface area contributed by atoms with Gasteiger partial charge in [0.25, 0.3) is 0 Å². The first-order valence-electron chi connectivity index (χ1n) is 8.04. The number of thiazole rings is 1. The van der Waals surface area contributed by atoms with Crippen molar-refractivity contribution in [1.29, 1.82) is 0 Å². The fourth-order valence-electron chi connectivity index (χ4n) is 2.51. The van der Waals surface area contributed by atoms with Crippen LogP contribution < -0.4 is 0 Å². The Labute approximate surface area is 160 Å². The molecule has 2 heterocycles. The monoisotopic (exact) mass is 405 g/mol. The summed E-state index contributed by atoms with van der Waals surface area (Å²) < 4.78 is 51.3. The number of hydrogen-bond acceptors (Lipinski definition) is 5. The largest absolute Gasteiger partial charge is 0.416 e. The van der Waals surface area contributed by atoms with Crippen molar-refractivity contribution in [2.24, 2.45) is 0 Å². The molecule has 0 aliphatic heterocycles. The Hall–Kier alpha value is -3.14. The van der Waals surface area contributed by atoms with Crippen molar-refractivity contribution in [2.75, 3.05) is 0 Å². The predicted octanol–water partition coefficient (Wildman–Crippen LogP) is 4.67. The Bertz CT molecular complexity index is 1100. The van der Waals surface area contributed by atoms with E-state index in [0.717, 1.165) is 12.1 Å². The zero-order chi connectivity index (χ0) is 19.7. The minimum Gasteiger partial charge on any atom is -0.239 e. The molecule has 0 amide bonds. The summed E-state index contributed by atoms with van der Waals surface area (Å²) in [5, 5.41) is 14.4. The van der Waals surface area contributed by atoms with Crippen LogP contribution in [0.15, 0.2) is 53.9 Å². The molecule has 0 atom stereocenters. The summed E-state index contributed by atoms with van der Waals surface area (Å²) in [6.07, 6.45) is -4.37. The summed E-state index contributed by atoms with van der Waals surface area (Å²) in [7, 11) is 0. The molecule has 0 N–H and O–H groups in total. The van der Waals surface area contributed by atoms with Gasteiger partial charge in [-0.3, -0.25) is 0 Å². The normalized spacial score (nSPS) is 11.7. The summed E-state index contributed by atoms with van der Waals surface area (Å²) in [4.78, 5) is 5.74. The average Bonchev–Trinajstić information content (AvgIpc) is 3.31. The fraction of sp³-hybridized carbons (Fsp3) is 0.111. The topological polar surface area (TPSA) is 56.5 Å². The molecule has 4 rings (SSSR count). The van der Waals surface area contributed by atoms with Crippen LogP contribution in [0.4, 0.5) is 17.6 Å². The lowest BCUT2D eigenvalue weighted by atomic mass is 10.1. The van der Waals surface area contributed by atoms with E-state index in [4.69, 9.17) is 0 Å². The van der Waals surface area contributed by atoms with E-state index < -0.39 is 17.6 Å². The second-order valence-corrected chi connectivity index (χ2v) is 6.73. The van der Waals surface area contributed by atoms with Gasteiger partial charge in [-0.15, -0.1) is 21.5 Å². The average molecular weight is 405 g/mol. The Balaban J connectivity index is 1.50. The van der Waals surface area contributed by atoms with Gasteiger partial charge in [0.1, 0.15) is 17.4 Å². The number of alkyl halides is 3. The van der Waals surface area contributed by atoms with Crippen LogP contribution in [-0.2, 0) is 12.7 Å². The molecule has 2 aromatic heterocycles. The van der Waals surface area contributed by atoms with E-state index in [2.05, 4.69) is 20.4 Å². The first-order chi connectivity index (χ1) is 13.4. The third-order valence-corrected chi connectivity index (χ3v) is 4.79. The highest BCUT2D eigenvalue weighted by Gasteiger charge is 2.30. The van der Waals surface area contributed by atoms with Crippen molar-refractivity contribution in [3.8, 4) is 22.0 Å². The van der Waals surface area contributed by atoms with E-state index in [9.17, 15) is 17.6 Å². The molecule has 0 radical (unpaired) electrons. The zero-order valence-electron chi connectivity index (χ0n) is 14.1. The molecule has 28 heavy (non-hydrogen) atoms. The number of hydrogen-bond donors (Lipinski definition) is 0. The van der Waals surface area contributed by atoms with Crippen molar-refractivity contribution in [2.45, 2.75) is 12.7 Å². The SMILES string of the molecule is Fc1cccc(-c2nnn(Cc3csc(-c4ccc(C(F)(F)F)cc4)n3)n2)c1. The van der Waals surface area contributed by atoms with Crippen molar-refractivity contribution < 1.29 is 17.6 Å². The quantitative estimate of drug-likeness (QED) is 0.463. The molecule has 2 aromatic carbocycles. The van der Waals surface area contributed by atoms with Crippen molar-refractivity contribution >= 4 is 11.3 Å². The van der Waals surface area contributed by atoms with Crippen LogP contribution in [0.3, 0.4) is 0 Å². The fourth-order valence-corrected chi connectivity index (χ4v) is 3.33. The number of halogens is 4. The first-order valence-corrected chi connectivity index (χ1v) is 8.92. The van der Waals surface area contributed by atoms with Crippen LogP contribution in [0.25, 0.3) is 22.0 Å². The Morgan fingerprint density at radius 2 is 1.79 bits per heavy atom. The predicted molar refractivity (Wildman–Crippen MR) is 94.9 cm³/mol. The lowest BCUT2D eigenvalue weighted by molar-refractivity contribution is -0.137. The number of aromatic nitrogens is 5. The molecule has 0 saturated heterocycles. The molecule has 4 aromatic rings. The van der Waals surface area contributed by atoms with E-state index in [-0.39, 0.29) is 12.4 Å². The summed E-state index contributed by atoms with van der Waals surface area (Å²) in [6, 6.07) is 10.7. The van der Waals surface area contributed by atoms with E-state index in [1.165, 1.54) is 40.4 Å². The molecule has 5 nitrogen and oxygen atoms in total. The number of rotatable bonds is 4. The molecule has 10 heteroatoms. The Morgan fingerprint density at radius 1 is 1.00 bits per heavy atom. The molecule has 0 spiro atoms. The van der Waals surface area contributed by atoms with Crippen LogP contribution >= 0.6 is 11.3 Å². The van der Waals surface area contributed by atoms with Gasteiger partial charge in [-0.1, -0.05) is 24.3 Å². The molecule has 0 unspecified atom stereocenters. The molecular weight excluding hydrogens is 394 g/mol. The van der Waals surface area contributed by atoms with Gasteiger partial charge < -0.3 is 0 Å². The van der Waals surface area contributed by atoms with E-state index in [1.807, 2.05) is 0 Å². The van der Waals surface area contributed by atoms with Gasteiger partial charge >= 0.3 is 6.18 Å². The molecule has 142 valence electrons. The molecule has 0 saturated carbocycles. The van der Waals surface area contributed by atoms with Crippen LogP contribution in [-0.4, -0.2) is 25.2 Å². The highest BCUT2D eigenvalue weighted by molar-refractivity contribution is 7.13. The lowest BCUT2D eigenvalue weighted by Gasteiger charge is -2.06. The van der Waals surface area contributed by atoms with Crippen molar-refractivity contribution in [3.05, 3.63) is 71.0 Å². The standard InChI is InChI=1S/C18H11F4N5S/c19-14-3-1-2-12(8-14)16-24-26-27(25-16)9-15-10-28-17(23-15)11-4-6-13(7-5-11)18(20,21)22/h1-8,10H,9H2. The van der Waals surface area contributed by atoms with E-state index in [0.29, 0.717) is 21.8 Å². The van der Waals surface area contributed by atoms with Gasteiger partial charge in [-0.2, -0.15) is 18.0 Å². The maximum atomic E-state index is 13.3. The van der Waals surface area contributed by atoms with Gasteiger partial charge in [0, 0.05) is 16.5 Å². The highest BCUT2D eigenvalue weighted by atomic mass is 32.1. The number of tetrazole rings is 1. The summed E-state index contributed by atoms with van der Waals surface area (Å²) in [5.74, 6) is -0.104. The molecule has 0 fully saturated rings. The van der Waals surface area contributed by atoms with E-state index in [1.54, 1.807) is 17.5 Å².